The fourth-order valence-corrected chi connectivity index (χ4v) is 3.91. The molecule has 142 valence electrons. The van der Waals surface area contributed by atoms with Crippen molar-refractivity contribution in [1.82, 2.24) is 4.72 Å². The first-order valence-electron chi connectivity index (χ1n) is 8.14. The van der Waals surface area contributed by atoms with Gasteiger partial charge >= 0.3 is 0 Å². The number of nitrogens with one attached hydrogen (secondary N) is 1. The number of aryl methyl sites for hydroxylation is 2. The van der Waals surface area contributed by atoms with Gasteiger partial charge in [0.25, 0.3) is 0 Å². The molecule has 0 unspecified atom stereocenters. The molecule has 6 nitrogen and oxygen atoms in total. The fraction of sp³-hybridized carbons (Fsp3) is 0.368. The Balaban J connectivity index is 2.28. The Kier molecular flexibility index (Phi) is 6.63. The van der Waals surface area contributed by atoms with E-state index in [0.29, 0.717) is 11.5 Å². The van der Waals surface area contributed by atoms with Gasteiger partial charge in [0.1, 0.15) is 16.4 Å². The lowest BCUT2D eigenvalue weighted by atomic mass is 10.1. The lowest BCUT2D eigenvalue weighted by Gasteiger charge is -2.20. The van der Waals surface area contributed by atoms with E-state index in [2.05, 4.69) is 4.72 Å². The Labute approximate surface area is 155 Å². The van der Waals surface area contributed by atoms with Crippen LogP contribution in [0, 0.1) is 13.8 Å². The second kappa shape index (κ2) is 8.53. The number of methoxy groups -OCH3 is 3. The molecule has 0 heterocycles. The first-order chi connectivity index (χ1) is 12.3. The molecule has 0 spiro atoms. The summed E-state index contributed by atoms with van der Waals surface area (Å²) in [7, 11) is 0.778. The van der Waals surface area contributed by atoms with Crippen LogP contribution in [0.1, 0.15) is 22.8 Å². The second-order valence-corrected chi connectivity index (χ2v) is 7.64. The second-order valence-electron chi connectivity index (χ2n) is 5.91. The Morgan fingerprint density at radius 2 is 1.58 bits per heavy atom. The van der Waals surface area contributed by atoms with E-state index in [1.54, 1.807) is 19.2 Å². The minimum atomic E-state index is -3.77. The molecule has 26 heavy (non-hydrogen) atoms. The van der Waals surface area contributed by atoms with Gasteiger partial charge in [0.05, 0.1) is 20.3 Å². The third-order valence-electron chi connectivity index (χ3n) is 4.30. The summed E-state index contributed by atoms with van der Waals surface area (Å²) in [6.45, 7) is 3.83. The minimum absolute atomic E-state index is 0.0648. The van der Waals surface area contributed by atoms with Gasteiger partial charge in [-0.15, -0.1) is 0 Å². The average Bonchev–Trinajstić information content (AvgIpc) is 2.64. The Morgan fingerprint density at radius 1 is 0.962 bits per heavy atom. The number of para-hydroxylation sites is 1. The van der Waals surface area contributed by atoms with Crippen molar-refractivity contribution in [3.05, 3.63) is 53.1 Å². The maximum absolute atomic E-state index is 12.8. The fourth-order valence-electron chi connectivity index (χ4n) is 2.65. The van der Waals surface area contributed by atoms with Crippen LogP contribution in [0.2, 0.25) is 0 Å². The zero-order chi connectivity index (χ0) is 19.3. The van der Waals surface area contributed by atoms with Crippen LogP contribution in [-0.2, 0) is 14.8 Å². The van der Waals surface area contributed by atoms with Crippen molar-refractivity contribution in [3.8, 4) is 11.5 Å². The van der Waals surface area contributed by atoms with Gasteiger partial charge < -0.3 is 14.2 Å². The monoisotopic (exact) mass is 379 g/mol. The summed E-state index contributed by atoms with van der Waals surface area (Å²) in [6, 6.07) is 10.7. The highest BCUT2D eigenvalue weighted by Gasteiger charge is 2.23. The third-order valence-corrected chi connectivity index (χ3v) is 5.74. The first-order valence-corrected chi connectivity index (χ1v) is 9.63. The van der Waals surface area contributed by atoms with Crippen LogP contribution in [-0.4, -0.2) is 36.3 Å². The van der Waals surface area contributed by atoms with Crippen molar-refractivity contribution < 1.29 is 22.6 Å². The molecular formula is C19H25NO5S. The Morgan fingerprint density at radius 3 is 2.19 bits per heavy atom. The van der Waals surface area contributed by atoms with Gasteiger partial charge in [-0.3, -0.25) is 0 Å². The number of sulfonamides is 1. The van der Waals surface area contributed by atoms with E-state index < -0.39 is 16.1 Å². The molecule has 0 saturated carbocycles. The minimum Gasteiger partial charge on any atom is -0.496 e. The standard InChI is InChI=1S/C19H25NO5S/c1-13-10-17(24-4)19(11-14(13)2)26(21,22)20-12-18(25-5)15-8-6-7-9-16(15)23-3/h6-11,18,20H,12H2,1-5H3/t18-/m0/s1. The largest absolute Gasteiger partial charge is 0.496 e. The van der Waals surface area contributed by atoms with E-state index >= 15 is 0 Å². The molecule has 0 aliphatic rings. The highest BCUT2D eigenvalue weighted by molar-refractivity contribution is 7.89. The number of rotatable bonds is 8. The SMILES string of the molecule is COc1ccccc1[C@H](CNS(=O)(=O)c1cc(C)c(C)cc1OC)OC. The summed E-state index contributed by atoms with van der Waals surface area (Å²) in [5.74, 6) is 0.953. The highest BCUT2D eigenvalue weighted by Crippen LogP contribution is 2.29. The van der Waals surface area contributed by atoms with E-state index in [4.69, 9.17) is 14.2 Å². The normalized spacial score (nSPS) is 12.7. The van der Waals surface area contributed by atoms with Crippen LogP contribution in [0.15, 0.2) is 41.3 Å². The molecule has 2 rings (SSSR count). The molecule has 0 radical (unpaired) electrons. The van der Waals surface area contributed by atoms with Gasteiger partial charge in [-0.2, -0.15) is 0 Å². The molecular weight excluding hydrogens is 354 g/mol. The number of ether oxygens (including phenoxy) is 3. The predicted molar refractivity (Wildman–Crippen MR) is 100 cm³/mol. The summed E-state index contributed by atoms with van der Waals surface area (Å²) < 4.78 is 44.3. The van der Waals surface area contributed by atoms with Crippen LogP contribution < -0.4 is 14.2 Å². The van der Waals surface area contributed by atoms with Crippen molar-refractivity contribution in [2.24, 2.45) is 0 Å². The zero-order valence-electron chi connectivity index (χ0n) is 15.7. The lowest BCUT2D eigenvalue weighted by Crippen LogP contribution is -2.30. The van der Waals surface area contributed by atoms with Gasteiger partial charge in [-0.05, 0) is 43.2 Å². The van der Waals surface area contributed by atoms with Crippen molar-refractivity contribution in [3.63, 3.8) is 0 Å². The van der Waals surface area contributed by atoms with Crippen LogP contribution in [0.3, 0.4) is 0 Å². The Hall–Kier alpha value is -2.09. The molecule has 0 bridgehead atoms. The third kappa shape index (κ3) is 4.35. The van der Waals surface area contributed by atoms with E-state index in [-0.39, 0.29) is 11.4 Å². The molecule has 2 aromatic carbocycles. The van der Waals surface area contributed by atoms with Crippen molar-refractivity contribution in [2.75, 3.05) is 27.9 Å². The first kappa shape index (κ1) is 20.2. The van der Waals surface area contributed by atoms with E-state index in [1.165, 1.54) is 14.2 Å². The zero-order valence-corrected chi connectivity index (χ0v) is 16.5. The van der Waals surface area contributed by atoms with Crippen molar-refractivity contribution >= 4 is 10.0 Å². The maximum Gasteiger partial charge on any atom is 0.244 e. The molecule has 7 heteroatoms. The van der Waals surface area contributed by atoms with Gasteiger partial charge in [0, 0.05) is 19.2 Å². The van der Waals surface area contributed by atoms with Crippen LogP contribution >= 0.6 is 0 Å². The molecule has 0 aromatic heterocycles. The number of hydrogen-bond donors (Lipinski definition) is 1. The van der Waals surface area contributed by atoms with Gasteiger partial charge in [0.2, 0.25) is 10.0 Å². The predicted octanol–water partition coefficient (Wildman–Crippen LogP) is 2.99. The Bertz CT molecular complexity index is 864. The van der Waals surface area contributed by atoms with Crippen molar-refractivity contribution in [1.29, 1.82) is 0 Å². The summed E-state index contributed by atoms with van der Waals surface area (Å²) in [6.07, 6.45) is -0.488. The van der Waals surface area contributed by atoms with Gasteiger partial charge in [0.15, 0.2) is 0 Å². The molecule has 1 atom stereocenters. The maximum atomic E-state index is 12.8. The van der Waals surface area contributed by atoms with Crippen LogP contribution in [0.25, 0.3) is 0 Å². The van der Waals surface area contributed by atoms with E-state index in [9.17, 15) is 8.42 Å². The van der Waals surface area contributed by atoms with Crippen LogP contribution in [0.5, 0.6) is 11.5 Å². The van der Waals surface area contributed by atoms with Gasteiger partial charge in [-0.1, -0.05) is 18.2 Å². The molecule has 0 fully saturated rings. The van der Waals surface area contributed by atoms with Crippen molar-refractivity contribution in [2.45, 2.75) is 24.8 Å². The average molecular weight is 379 g/mol. The quantitative estimate of drug-likeness (QED) is 0.763. The number of hydrogen-bond acceptors (Lipinski definition) is 5. The summed E-state index contributed by atoms with van der Waals surface area (Å²) in [5, 5.41) is 0. The summed E-state index contributed by atoms with van der Waals surface area (Å²) in [4.78, 5) is 0.109. The molecule has 2 aromatic rings. The van der Waals surface area contributed by atoms with Crippen LogP contribution in [0.4, 0.5) is 0 Å². The van der Waals surface area contributed by atoms with Gasteiger partial charge in [-0.25, -0.2) is 13.1 Å². The smallest absolute Gasteiger partial charge is 0.244 e. The molecule has 1 N–H and O–H groups in total. The van der Waals surface area contributed by atoms with E-state index in [1.807, 2.05) is 38.1 Å². The molecule has 0 amide bonds. The summed E-state index contributed by atoms with van der Waals surface area (Å²) >= 11 is 0. The summed E-state index contributed by atoms with van der Waals surface area (Å²) in [5.41, 5.74) is 2.61. The number of benzene rings is 2. The topological polar surface area (TPSA) is 73.9 Å². The molecule has 0 aliphatic heterocycles. The van der Waals surface area contributed by atoms with E-state index in [0.717, 1.165) is 16.7 Å². The molecule has 0 aliphatic carbocycles. The highest BCUT2D eigenvalue weighted by atomic mass is 32.2. The molecule has 0 saturated heterocycles. The lowest BCUT2D eigenvalue weighted by molar-refractivity contribution is 0.105.